The number of nitrogens with zero attached hydrogens (tertiary/aromatic N) is 4. The highest BCUT2D eigenvalue weighted by atomic mass is 35.5. The van der Waals surface area contributed by atoms with E-state index < -0.39 is 17.6 Å². The largest absolute Gasteiger partial charge is 0.483 e. The van der Waals surface area contributed by atoms with Gasteiger partial charge in [0.15, 0.2) is 5.82 Å². The predicted molar refractivity (Wildman–Crippen MR) is 144 cm³/mol. The van der Waals surface area contributed by atoms with Crippen molar-refractivity contribution < 1.29 is 27.4 Å². The van der Waals surface area contributed by atoms with Gasteiger partial charge in [0, 0.05) is 38.4 Å². The molecule has 0 spiro atoms. The average molecular weight is 577 g/mol. The number of hydrogen-bond acceptors (Lipinski definition) is 8. The molecule has 3 heterocycles. The molecule has 0 radical (unpaired) electrons. The van der Waals surface area contributed by atoms with Crippen LogP contribution in [0.15, 0.2) is 42.7 Å². The number of carbonyl (C=O) groups is 1. The van der Waals surface area contributed by atoms with Crippen molar-refractivity contribution in [2.75, 3.05) is 56.5 Å². The molecule has 1 saturated heterocycles. The molecule has 1 amide bonds. The van der Waals surface area contributed by atoms with E-state index in [1.165, 1.54) is 30.6 Å². The molecule has 2 aliphatic heterocycles. The number of rotatable bonds is 7. The average Bonchev–Trinajstić information content (AvgIpc) is 2.95. The van der Waals surface area contributed by atoms with Gasteiger partial charge in [-0.1, -0.05) is 24.6 Å². The first-order valence-corrected chi connectivity index (χ1v) is 13.2. The first-order chi connectivity index (χ1) is 19.2. The number of anilines is 2. The lowest BCUT2D eigenvalue weighted by molar-refractivity contribution is -0.138. The quantitative estimate of drug-likeness (QED) is 0.400. The van der Waals surface area contributed by atoms with Crippen molar-refractivity contribution in [3.05, 3.63) is 64.4 Å². The van der Waals surface area contributed by atoms with E-state index in [1.54, 1.807) is 6.07 Å². The zero-order valence-corrected chi connectivity index (χ0v) is 22.5. The number of ether oxygens (including phenoxy) is 2. The van der Waals surface area contributed by atoms with Crippen molar-refractivity contribution in [2.45, 2.75) is 19.6 Å². The molecule has 0 bridgehead atoms. The molecule has 9 nitrogen and oxygen atoms in total. The van der Waals surface area contributed by atoms with E-state index in [9.17, 15) is 18.0 Å². The fourth-order valence-corrected chi connectivity index (χ4v) is 4.82. The van der Waals surface area contributed by atoms with Gasteiger partial charge in [-0.05, 0) is 42.4 Å². The summed E-state index contributed by atoms with van der Waals surface area (Å²) in [4.78, 5) is 25.6. The number of carbonyl (C=O) groups excluding carboxylic acids is 1. The molecule has 2 aromatic carbocycles. The first-order valence-electron chi connectivity index (χ1n) is 12.9. The zero-order chi connectivity index (χ0) is 28.3. The van der Waals surface area contributed by atoms with Crippen molar-refractivity contribution in [1.82, 2.24) is 19.8 Å². The Morgan fingerprint density at radius 1 is 1.12 bits per heavy atom. The number of amides is 1. The minimum absolute atomic E-state index is 0.00334. The highest BCUT2D eigenvalue weighted by Gasteiger charge is 2.34. The number of fused-ring (bicyclic) bond motifs is 1. The summed E-state index contributed by atoms with van der Waals surface area (Å²) in [6.07, 6.45) is -3.27. The van der Waals surface area contributed by atoms with Crippen LogP contribution in [-0.2, 0) is 12.7 Å². The predicted octanol–water partition coefficient (Wildman–Crippen LogP) is 5.14. The van der Waals surface area contributed by atoms with Crippen LogP contribution < -0.4 is 20.1 Å². The van der Waals surface area contributed by atoms with Crippen LogP contribution in [-0.4, -0.2) is 71.6 Å². The second-order valence-electron chi connectivity index (χ2n) is 9.41. The van der Waals surface area contributed by atoms with E-state index in [0.717, 1.165) is 25.7 Å². The van der Waals surface area contributed by atoms with Crippen LogP contribution in [0, 0.1) is 0 Å². The summed E-state index contributed by atoms with van der Waals surface area (Å²) >= 11 is 6.27. The maximum absolute atomic E-state index is 14.0. The van der Waals surface area contributed by atoms with E-state index in [-0.39, 0.29) is 40.0 Å². The Bertz CT molecular complexity index is 1380. The number of benzene rings is 2. The number of aromatic nitrogens is 2. The molecule has 0 unspecified atom stereocenters. The third-order valence-corrected chi connectivity index (χ3v) is 7.12. The van der Waals surface area contributed by atoms with Crippen LogP contribution in [0.25, 0.3) is 0 Å². The Morgan fingerprint density at radius 3 is 2.65 bits per heavy atom. The summed E-state index contributed by atoms with van der Waals surface area (Å²) in [5, 5.41) is 5.72. The van der Waals surface area contributed by atoms with E-state index in [1.807, 2.05) is 4.90 Å². The Morgan fingerprint density at radius 2 is 1.90 bits per heavy atom. The second kappa shape index (κ2) is 11.9. The van der Waals surface area contributed by atoms with Crippen LogP contribution >= 0.6 is 11.6 Å². The number of likely N-dealkylation sites (N-methyl/N-ethyl adjacent to an activating group) is 1. The number of halogens is 4. The topological polar surface area (TPSA) is 91.9 Å². The number of piperazine rings is 1. The van der Waals surface area contributed by atoms with Gasteiger partial charge >= 0.3 is 6.18 Å². The Kier molecular flexibility index (Phi) is 8.29. The fourth-order valence-electron chi connectivity index (χ4n) is 4.62. The van der Waals surface area contributed by atoms with Gasteiger partial charge < -0.3 is 25.0 Å². The molecule has 212 valence electrons. The summed E-state index contributed by atoms with van der Waals surface area (Å²) < 4.78 is 53.4. The summed E-state index contributed by atoms with van der Waals surface area (Å²) in [7, 11) is 0. The van der Waals surface area contributed by atoms with Gasteiger partial charge in [0.2, 0.25) is 5.75 Å². The molecule has 0 atom stereocenters. The highest BCUT2D eigenvalue weighted by Crippen LogP contribution is 2.37. The van der Waals surface area contributed by atoms with Crippen molar-refractivity contribution in [3.8, 4) is 17.4 Å². The molecular weight excluding hydrogens is 549 g/mol. The Labute approximate surface area is 234 Å². The third kappa shape index (κ3) is 6.40. The van der Waals surface area contributed by atoms with Crippen LogP contribution in [0.2, 0.25) is 5.02 Å². The third-order valence-electron chi connectivity index (χ3n) is 6.79. The Balaban J connectivity index is 1.33. The van der Waals surface area contributed by atoms with Gasteiger partial charge in [-0.15, -0.1) is 0 Å². The van der Waals surface area contributed by atoms with E-state index in [4.69, 9.17) is 21.1 Å². The molecule has 2 N–H and O–H groups in total. The second-order valence-corrected chi connectivity index (χ2v) is 9.82. The molecule has 0 aliphatic carbocycles. The van der Waals surface area contributed by atoms with Gasteiger partial charge in [-0.3, -0.25) is 9.69 Å². The number of alkyl halides is 3. The van der Waals surface area contributed by atoms with Crippen molar-refractivity contribution in [1.29, 1.82) is 0 Å². The molecule has 3 aromatic rings. The van der Waals surface area contributed by atoms with Gasteiger partial charge in [0.25, 0.3) is 11.8 Å². The van der Waals surface area contributed by atoms with Gasteiger partial charge in [0.1, 0.15) is 18.7 Å². The molecule has 1 aromatic heterocycles. The SMILES string of the molecule is CCN1CCN(Cc2ccc(NC(=O)c3cc(Oc4ncnc5c4OCCN5)ccc3Cl)cc2C(F)(F)F)CC1. The van der Waals surface area contributed by atoms with Gasteiger partial charge in [0.05, 0.1) is 22.7 Å². The monoisotopic (exact) mass is 576 g/mol. The molecule has 0 saturated carbocycles. The standard InChI is InChI=1S/C27H28ClF3N6O3/c1-2-36-8-10-37(11-9-36)15-17-3-4-18(13-21(17)27(29,30)31)35-25(38)20-14-19(5-6-22(20)28)40-26-23-24(33-16-34-26)32-7-12-39-23/h3-6,13-14,16H,2,7-12,15H2,1H3,(H,35,38)(H,32,33,34). The molecule has 40 heavy (non-hydrogen) atoms. The van der Waals surface area contributed by atoms with Gasteiger partial charge in [-0.2, -0.15) is 18.2 Å². The summed E-state index contributed by atoms with van der Waals surface area (Å²) in [6.45, 7) is 7.18. The molecule has 2 aliphatic rings. The number of hydrogen-bond donors (Lipinski definition) is 2. The van der Waals surface area contributed by atoms with Gasteiger partial charge in [-0.25, -0.2) is 4.98 Å². The maximum atomic E-state index is 14.0. The lowest BCUT2D eigenvalue weighted by Gasteiger charge is -2.34. The van der Waals surface area contributed by atoms with Crippen LogP contribution in [0.1, 0.15) is 28.4 Å². The fraction of sp³-hybridized carbons (Fsp3) is 0.370. The first kappa shape index (κ1) is 27.9. The molecular formula is C27H28ClF3N6O3. The smallest absolute Gasteiger partial charge is 0.416 e. The normalized spacial score (nSPS) is 16.0. The van der Waals surface area contributed by atoms with E-state index in [2.05, 4.69) is 32.4 Å². The lowest BCUT2D eigenvalue weighted by atomic mass is 10.0. The summed E-state index contributed by atoms with van der Waals surface area (Å²) in [6, 6.07) is 8.23. The van der Waals surface area contributed by atoms with Crippen LogP contribution in [0.3, 0.4) is 0 Å². The lowest BCUT2D eigenvalue weighted by Crippen LogP contribution is -2.45. The molecule has 13 heteroatoms. The summed E-state index contributed by atoms with van der Waals surface area (Å²) in [5.41, 5.74) is -0.599. The molecule has 1 fully saturated rings. The van der Waals surface area contributed by atoms with Crippen LogP contribution in [0.5, 0.6) is 17.4 Å². The van der Waals surface area contributed by atoms with Crippen LogP contribution in [0.4, 0.5) is 24.7 Å². The number of nitrogens with one attached hydrogen (secondary N) is 2. The summed E-state index contributed by atoms with van der Waals surface area (Å²) in [5.74, 6) is 0.512. The molecule has 5 rings (SSSR count). The Hall–Kier alpha value is -3.61. The maximum Gasteiger partial charge on any atom is 0.416 e. The van der Waals surface area contributed by atoms with E-state index >= 15 is 0 Å². The van der Waals surface area contributed by atoms with Crippen molar-refractivity contribution in [3.63, 3.8) is 0 Å². The highest BCUT2D eigenvalue weighted by molar-refractivity contribution is 6.34. The van der Waals surface area contributed by atoms with E-state index in [0.29, 0.717) is 37.8 Å². The van der Waals surface area contributed by atoms with Crippen molar-refractivity contribution in [2.24, 2.45) is 0 Å². The minimum atomic E-state index is -4.58. The van der Waals surface area contributed by atoms with Crippen molar-refractivity contribution >= 4 is 29.0 Å². The zero-order valence-electron chi connectivity index (χ0n) is 21.7. The minimum Gasteiger partial charge on any atom is -0.483 e.